The van der Waals surface area contributed by atoms with E-state index in [1.807, 2.05) is 24.3 Å². The Morgan fingerprint density at radius 2 is 1.52 bits per heavy atom. The lowest BCUT2D eigenvalue weighted by atomic mass is 10.0. The van der Waals surface area contributed by atoms with Crippen LogP contribution in [-0.2, 0) is 17.5 Å². The van der Waals surface area contributed by atoms with Crippen LogP contribution in [0.4, 0.5) is 13.2 Å². The van der Waals surface area contributed by atoms with Crippen LogP contribution in [0.3, 0.4) is 0 Å². The van der Waals surface area contributed by atoms with Crippen molar-refractivity contribution < 1.29 is 18.0 Å². The van der Waals surface area contributed by atoms with E-state index in [1.54, 1.807) is 6.92 Å². The predicted octanol–water partition coefficient (Wildman–Crippen LogP) is 4.77. The second-order valence-electron chi connectivity index (χ2n) is 5.11. The van der Waals surface area contributed by atoms with E-state index in [9.17, 15) is 18.0 Å². The fourth-order valence-electron chi connectivity index (χ4n) is 2.00. The van der Waals surface area contributed by atoms with Crippen molar-refractivity contribution in [1.82, 2.24) is 5.32 Å². The molecule has 2 aromatic rings. The highest BCUT2D eigenvalue weighted by Gasteiger charge is 2.29. The van der Waals surface area contributed by atoms with Crippen LogP contribution in [0.1, 0.15) is 18.1 Å². The van der Waals surface area contributed by atoms with Gasteiger partial charge in [-0.15, -0.1) is 0 Å². The number of benzene rings is 2. The molecule has 0 fully saturated rings. The molecule has 1 N–H and O–H groups in total. The summed E-state index contributed by atoms with van der Waals surface area (Å²) in [5, 5.41) is 2.77. The molecule has 0 aliphatic heterocycles. The molecule has 0 aromatic heterocycles. The minimum Gasteiger partial charge on any atom is -0.351 e. The van der Waals surface area contributed by atoms with Crippen molar-refractivity contribution in [1.29, 1.82) is 0 Å². The molecule has 1 unspecified atom stereocenters. The van der Waals surface area contributed by atoms with E-state index in [2.05, 4.69) is 21.2 Å². The van der Waals surface area contributed by atoms with Gasteiger partial charge in [0.05, 0.1) is 10.4 Å². The molecule has 2 aromatic carbocycles. The SMILES string of the molecule is CC(Br)C(=O)NCc1ccc(-c2ccc(C(F)(F)F)cc2)cc1. The molecule has 0 saturated heterocycles. The number of alkyl halides is 4. The van der Waals surface area contributed by atoms with Crippen LogP contribution in [0.5, 0.6) is 0 Å². The Hall–Kier alpha value is -1.82. The van der Waals surface area contributed by atoms with Crippen LogP contribution in [0.15, 0.2) is 48.5 Å². The van der Waals surface area contributed by atoms with Gasteiger partial charge < -0.3 is 5.32 Å². The number of carbonyl (C=O) groups excluding carboxylic acids is 1. The Labute approximate surface area is 140 Å². The van der Waals surface area contributed by atoms with Gasteiger partial charge in [0.15, 0.2) is 0 Å². The summed E-state index contributed by atoms with van der Waals surface area (Å²) < 4.78 is 37.6. The van der Waals surface area contributed by atoms with E-state index in [-0.39, 0.29) is 10.7 Å². The molecule has 1 amide bonds. The molecular weight excluding hydrogens is 371 g/mol. The third-order valence-corrected chi connectivity index (χ3v) is 3.74. The number of amides is 1. The van der Waals surface area contributed by atoms with Crippen molar-refractivity contribution in [3.05, 3.63) is 59.7 Å². The summed E-state index contributed by atoms with van der Waals surface area (Å²) in [5.41, 5.74) is 1.79. The average Bonchev–Trinajstić information content (AvgIpc) is 2.52. The molecule has 0 bridgehead atoms. The second kappa shape index (κ2) is 7.17. The van der Waals surface area contributed by atoms with Gasteiger partial charge in [0, 0.05) is 6.54 Å². The van der Waals surface area contributed by atoms with Gasteiger partial charge >= 0.3 is 6.18 Å². The van der Waals surface area contributed by atoms with Gasteiger partial charge in [0.1, 0.15) is 0 Å². The van der Waals surface area contributed by atoms with Crippen molar-refractivity contribution in [2.24, 2.45) is 0 Å². The van der Waals surface area contributed by atoms with Crippen molar-refractivity contribution in [3.8, 4) is 11.1 Å². The predicted molar refractivity (Wildman–Crippen MR) is 87.1 cm³/mol. The van der Waals surface area contributed by atoms with Gasteiger partial charge in [-0.05, 0) is 35.7 Å². The molecule has 0 saturated carbocycles. The van der Waals surface area contributed by atoms with Crippen LogP contribution in [-0.4, -0.2) is 10.7 Å². The summed E-state index contributed by atoms with van der Waals surface area (Å²) in [6.07, 6.45) is -4.33. The summed E-state index contributed by atoms with van der Waals surface area (Å²) in [5.74, 6) is -0.100. The summed E-state index contributed by atoms with van der Waals surface area (Å²) in [6.45, 7) is 2.14. The molecule has 0 aliphatic carbocycles. The zero-order chi connectivity index (χ0) is 17.0. The van der Waals surface area contributed by atoms with Gasteiger partial charge in [0.25, 0.3) is 0 Å². The largest absolute Gasteiger partial charge is 0.416 e. The highest BCUT2D eigenvalue weighted by molar-refractivity contribution is 9.10. The zero-order valence-electron chi connectivity index (χ0n) is 12.3. The molecule has 6 heteroatoms. The van der Waals surface area contributed by atoms with E-state index in [0.717, 1.165) is 23.3 Å². The van der Waals surface area contributed by atoms with E-state index in [0.29, 0.717) is 12.1 Å². The van der Waals surface area contributed by atoms with Gasteiger partial charge in [-0.1, -0.05) is 52.3 Å². The number of hydrogen-bond acceptors (Lipinski definition) is 1. The van der Waals surface area contributed by atoms with E-state index in [4.69, 9.17) is 0 Å². The quantitative estimate of drug-likeness (QED) is 0.754. The standard InChI is InChI=1S/C17H15BrF3NO/c1-11(18)16(23)22-10-12-2-4-13(5-3-12)14-6-8-15(9-7-14)17(19,20)21/h2-9,11H,10H2,1H3,(H,22,23). The first-order valence-corrected chi connectivity index (χ1v) is 7.87. The lowest BCUT2D eigenvalue weighted by Gasteiger charge is -2.09. The van der Waals surface area contributed by atoms with Crippen LogP contribution in [0.2, 0.25) is 0 Å². The number of nitrogens with one attached hydrogen (secondary N) is 1. The van der Waals surface area contributed by atoms with Gasteiger partial charge in [-0.2, -0.15) is 13.2 Å². The third kappa shape index (κ3) is 4.82. The molecule has 0 radical (unpaired) electrons. The van der Waals surface area contributed by atoms with E-state index >= 15 is 0 Å². The number of rotatable bonds is 4. The van der Waals surface area contributed by atoms with Crippen LogP contribution >= 0.6 is 15.9 Å². The molecule has 0 aliphatic rings. The Morgan fingerprint density at radius 1 is 1.04 bits per heavy atom. The molecule has 122 valence electrons. The van der Waals surface area contributed by atoms with Crippen LogP contribution in [0, 0.1) is 0 Å². The maximum atomic E-state index is 12.5. The molecule has 2 nitrogen and oxygen atoms in total. The topological polar surface area (TPSA) is 29.1 Å². The number of halogens is 4. The Kier molecular flexibility index (Phi) is 5.46. The number of carbonyl (C=O) groups is 1. The summed E-state index contributed by atoms with van der Waals surface area (Å²) >= 11 is 3.18. The zero-order valence-corrected chi connectivity index (χ0v) is 13.9. The Balaban J connectivity index is 2.06. The first kappa shape index (κ1) is 17.5. The molecule has 23 heavy (non-hydrogen) atoms. The maximum absolute atomic E-state index is 12.5. The smallest absolute Gasteiger partial charge is 0.351 e. The summed E-state index contributed by atoms with van der Waals surface area (Å²) in [7, 11) is 0. The molecule has 0 spiro atoms. The number of hydrogen-bond donors (Lipinski definition) is 1. The van der Waals surface area contributed by atoms with Gasteiger partial charge in [-0.25, -0.2) is 0 Å². The fraction of sp³-hybridized carbons (Fsp3) is 0.235. The molecule has 0 heterocycles. The second-order valence-corrected chi connectivity index (χ2v) is 6.48. The summed E-state index contributed by atoms with van der Waals surface area (Å²) in [6, 6.07) is 12.4. The first-order chi connectivity index (χ1) is 10.8. The monoisotopic (exact) mass is 385 g/mol. The van der Waals surface area contributed by atoms with Gasteiger partial charge in [0.2, 0.25) is 5.91 Å². The highest BCUT2D eigenvalue weighted by atomic mass is 79.9. The highest BCUT2D eigenvalue weighted by Crippen LogP contribution is 2.31. The third-order valence-electron chi connectivity index (χ3n) is 3.33. The minimum atomic E-state index is -4.33. The Bertz CT molecular complexity index is 664. The molecular formula is C17H15BrF3NO. The minimum absolute atomic E-state index is 0.100. The normalized spacial score (nSPS) is 12.7. The van der Waals surface area contributed by atoms with Crippen LogP contribution < -0.4 is 5.32 Å². The van der Waals surface area contributed by atoms with Crippen molar-refractivity contribution in [2.45, 2.75) is 24.5 Å². The lowest BCUT2D eigenvalue weighted by molar-refractivity contribution is -0.137. The maximum Gasteiger partial charge on any atom is 0.416 e. The van der Waals surface area contributed by atoms with Crippen molar-refractivity contribution in [2.75, 3.05) is 0 Å². The Morgan fingerprint density at radius 3 is 1.96 bits per heavy atom. The average molecular weight is 386 g/mol. The van der Waals surface area contributed by atoms with Crippen molar-refractivity contribution >= 4 is 21.8 Å². The molecule has 2 rings (SSSR count). The van der Waals surface area contributed by atoms with E-state index < -0.39 is 11.7 Å². The first-order valence-electron chi connectivity index (χ1n) is 6.96. The summed E-state index contributed by atoms with van der Waals surface area (Å²) in [4.78, 5) is 11.2. The van der Waals surface area contributed by atoms with E-state index in [1.165, 1.54) is 12.1 Å². The fourth-order valence-corrected chi connectivity index (χ4v) is 2.16. The lowest BCUT2D eigenvalue weighted by Crippen LogP contribution is -2.28. The van der Waals surface area contributed by atoms with Gasteiger partial charge in [-0.3, -0.25) is 4.79 Å². The van der Waals surface area contributed by atoms with Crippen molar-refractivity contribution in [3.63, 3.8) is 0 Å². The molecule has 1 atom stereocenters. The van der Waals surface area contributed by atoms with Crippen LogP contribution in [0.25, 0.3) is 11.1 Å².